The highest BCUT2D eigenvalue weighted by atomic mass is 19.1. The van der Waals surface area contributed by atoms with Crippen molar-refractivity contribution in [3.05, 3.63) is 54.0 Å². The molecule has 0 fully saturated rings. The van der Waals surface area contributed by atoms with Gasteiger partial charge in [-0.15, -0.1) is 0 Å². The topological polar surface area (TPSA) is 60.2 Å². The molecule has 17 heavy (non-hydrogen) atoms. The molecule has 5 heteroatoms. The van der Waals surface area contributed by atoms with E-state index in [2.05, 4.69) is 10.4 Å². The van der Waals surface area contributed by atoms with Crippen LogP contribution < -0.4 is 16.0 Å². The van der Waals surface area contributed by atoms with Crippen LogP contribution in [0.25, 0.3) is 0 Å². The zero-order valence-electron chi connectivity index (χ0n) is 9.06. The van der Waals surface area contributed by atoms with Crippen LogP contribution in [0.2, 0.25) is 0 Å². The van der Waals surface area contributed by atoms with Gasteiger partial charge < -0.3 is 10.2 Å². The third-order valence-electron chi connectivity index (χ3n) is 2.23. The minimum atomic E-state index is -0.279. The third kappa shape index (κ3) is 2.92. The van der Waals surface area contributed by atoms with Gasteiger partial charge in [0.1, 0.15) is 24.0 Å². The number of aromatic nitrogens is 1. The van der Waals surface area contributed by atoms with E-state index in [1.54, 1.807) is 36.5 Å². The molecule has 2 aromatic rings. The molecule has 4 nitrogen and oxygen atoms in total. The molecule has 0 atom stereocenters. The number of hydrogen-bond donors (Lipinski definition) is 2. The molecule has 88 valence electrons. The molecule has 0 saturated heterocycles. The van der Waals surface area contributed by atoms with Crippen LogP contribution in [0.4, 0.5) is 10.2 Å². The predicted octanol–water partition coefficient (Wildman–Crippen LogP) is 2.09. The highest BCUT2D eigenvalue weighted by Crippen LogP contribution is 2.16. The Hall–Kier alpha value is -2.14. The lowest BCUT2D eigenvalue weighted by molar-refractivity contribution is 0.299. The Bertz CT molecular complexity index is 505. The second-order valence-electron chi connectivity index (χ2n) is 3.40. The number of hydrogen-bond acceptors (Lipinski definition) is 4. The fraction of sp³-hybridized carbons (Fsp3) is 0.0833. The third-order valence-corrected chi connectivity index (χ3v) is 2.23. The van der Waals surface area contributed by atoms with E-state index in [9.17, 15) is 4.39 Å². The Balaban J connectivity index is 2.05. The van der Waals surface area contributed by atoms with Crippen LogP contribution in [0.1, 0.15) is 5.56 Å². The fourth-order valence-electron chi connectivity index (χ4n) is 1.36. The number of nitrogen functional groups attached to an aromatic ring is 1. The summed E-state index contributed by atoms with van der Waals surface area (Å²) in [5.41, 5.74) is 2.92. The van der Waals surface area contributed by atoms with Gasteiger partial charge in [-0.3, -0.25) is 0 Å². The molecule has 0 amide bonds. The number of rotatable bonds is 4. The van der Waals surface area contributed by atoms with E-state index in [0.29, 0.717) is 17.1 Å². The van der Waals surface area contributed by atoms with Gasteiger partial charge in [-0.05, 0) is 12.1 Å². The molecule has 3 N–H and O–H groups in total. The Kier molecular flexibility index (Phi) is 3.52. The Labute approximate surface area is 98.2 Å². The zero-order valence-corrected chi connectivity index (χ0v) is 9.06. The Morgan fingerprint density at radius 2 is 2.12 bits per heavy atom. The molecular formula is C12H12FN3O. The smallest absolute Gasteiger partial charge is 0.143 e. The van der Waals surface area contributed by atoms with Crippen molar-refractivity contribution in [2.45, 2.75) is 6.61 Å². The van der Waals surface area contributed by atoms with Crippen molar-refractivity contribution in [2.75, 3.05) is 5.43 Å². The minimum absolute atomic E-state index is 0.167. The average molecular weight is 233 g/mol. The highest BCUT2D eigenvalue weighted by Gasteiger charge is 2.02. The fourth-order valence-corrected chi connectivity index (χ4v) is 1.36. The summed E-state index contributed by atoms with van der Waals surface area (Å²) in [6.07, 6.45) is 1.56. The maximum atomic E-state index is 13.3. The van der Waals surface area contributed by atoms with Crippen LogP contribution in [0.5, 0.6) is 5.75 Å². The van der Waals surface area contributed by atoms with Crippen molar-refractivity contribution in [1.29, 1.82) is 0 Å². The highest BCUT2D eigenvalue weighted by molar-refractivity contribution is 5.39. The molecule has 0 spiro atoms. The van der Waals surface area contributed by atoms with E-state index in [4.69, 9.17) is 10.6 Å². The number of pyridine rings is 1. The van der Waals surface area contributed by atoms with E-state index >= 15 is 0 Å². The standard InChI is InChI=1S/C12H12FN3O/c13-11-4-2-1-3-9(11)8-17-10-5-6-15-12(7-10)16-14/h1-7H,8,14H2,(H,15,16). The maximum absolute atomic E-state index is 13.3. The lowest BCUT2D eigenvalue weighted by Gasteiger charge is -2.07. The summed E-state index contributed by atoms with van der Waals surface area (Å²) >= 11 is 0. The van der Waals surface area contributed by atoms with E-state index in [-0.39, 0.29) is 12.4 Å². The van der Waals surface area contributed by atoms with Gasteiger partial charge in [-0.25, -0.2) is 15.2 Å². The van der Waals surface area contributed by atoms with Gasteiger partial charge in [0.2, 0.25) is 0 Å². The number of halogens is 1. The van der Waals surface area contributed by atoms with E-state index in [1.807, 2.05) is 0 Å². The molecule has 0 saturated carbocycles. The Morgan fingerprint density at radius 1 is 1.29 bits per heavy atom. The second-order valence-corrected chi connectivity index (χ2v) is 3.40. The molecule has 0 radical (unpaired) electrons. The molecular weight excluding hydrogens is 221 g/mol. The summed E-state index contributed by atoms with van der Waals surface area (Å²) in [5, 5.41) is 0. The monoisotopic (exact) mass is 233 g/mol. The summed E-state index contributed by atoms with van der Waals surface area (Å²) in [7, 11) is 0. The van der Waals surface area contributed by atoms with Gasteiger partial charge in [0, 0.05) is 17.8 Å². The molecule has 1 aromatic heterocycles. The zero-order chi connectivity index (χ0) is 12.1. The molecule has 0 aliphatic carbocycles. The first-order valence-electron chi connectivity index (χ1n) is 5.08. The SMILES string of the molecule is NNc1cc(OCc2ccccc2F)ccn1. The lowest BCUT2D eigenvalue weighted by atomic mass is 10.2. The van der Waals surface area contributed by atoms with Gasteiger partial charge in [0.25, 0.3) is 0 Å². The van der Waals surface area contributed by atoms with Gasteiger partial charge in [-0.2, -0.15) is 0 Å². The summed E-state index contributed by atoms with van der Waals surface area (Å²) in [6.45, 7) is 0.167. The summed E-state index contributed by atoms with van der Waals surface area (Å²) in [5.74, 6) is 6.02. The normalized spacial score (nSPS) is 10.0. The summed E-state index contributed by atoms with van der Waals surface area (Å²) in [6, 6.07) is 9.81. The quantitative estimate of drug-likeness (QED) is 0.627. The van der Waals surface area contributed by atoms with Gasteiger partial charge in [0.15, 0.2) is 0 Å². The number of nitrogens with zero attached hydrogens (tertiary/aromatic N) is 1. The number of benzene rings is 1. The number of ether oxygens (including phenoxy) is 1. The first kappa shape index (κ1) is 11.3. The molecule has 1 heterocycles. The maximum Gasteiger partial charge on any atom is 0.143 e. The Morgan fingerprint density at radius 3 is 2.88 bits per heavy atom. The molecule has 1 aromatic carbocycles. The van der Waals surface area contributed by atoms with Crippen molar-refractivity contribution in [1.82, 2.24) is 4.98 Å². The predicted molar refractivity (Wildman–Crippen MR) is 62.8 cm³/mol. The number of nitrogens with one attached hydrogen (secondary N) is 1. The molecule has 0 aliphatic rings. The number of hydrazine groups is 1. The van der Waals surface area contributed by atoms with Crippen LogP contribution in [0.15, 0.2) is 42.6 Å². The van der Waals surface area contributed by atoms with Crippen molar-refractivity contribution in [2.24, 2.45) is 5.84 Å². The number of nitrogens with two attached hydrogens (primary N) is 1. The average Bonchev–Trinajstić information content (AvgIpc) is 2.38. The van der Waals surface area contributed by atoms with Crippen LogP contribution in [0, 0.1) is 5.82 Å². The minimum Gasteiger partial charge on any atom is -0.489 e. The van der Waals surface area contributed by atoms with Crippen LogP contribution in [-0.2, 0) is 6.61 Å². The second kappa shape index (κ2) is 5.27. The van der Waals surface area contributed by atoms with Crippen molar-refractivity contribution < 1.29 is 9.13 Å². The molecule has 0 aliphatic heterocycles. The number of anilines is 1. The van der Waals surface area contributed by atoms with E-state index in [0.717, 1.165) is 0 Å². The van der Waals surface area contributed by atoms with Crippen LogP contribution in [-0.4, -0.2) is 4.98 Å². The van der Waals surface area contributed by atoms with Gasteiger partial charge in [-0.1, -0.05) is 18.2 Å². The van der Waals surface area contributed by atoms with Crippen molar-refractivity contribution in [3.8, 4) is 5.75 Å². The molecule has 2 rings (SSSR count). The van der Waals surface area contributed by atoms with Gasteiger partial charge in [0.05, 0.1) is 0 Å². The largest absolute Gasteiger partial charge is 0.489 e. The molecule has 0 unspecified atom stereocenters. The summed E-state index contributed by atoms with van der Waals surface area (Å²) in [4.78, 5) is 3.94. The first-order valence-corrected chi connectivity index (χ1v) is 5.08. The van der Waals surface area contributed by atoms with Gasteiger partial charge >= 0.3 is 0 Å². The first-order chi connectivity index (χ1) is 8.29. The van der Waals surface area contributed by atoms with Crippen molar-refractivity contribution >= 4 is 5.82 Å². The van der Waals surface area contributed by atoms with Crippen LogP contribution >= 0.6 is 0 Å². The summed E-state index contributed by atoms with van der Waals surface area (Å²) < 4.78 is 18.8. The van der Waals surface area contributed by atoms with Crippen LogP contribution in [0.3, 0.4) is 0 Å². The van der Waals surface area contributed by atoms with Crippen molar-refractivity contribution in [3.63, 3.8) is 0 Å². The van der Waals surface area contributed by atoms with E-state index < -0.39 is 0 Å². The lowest BCUT2D eigenvalue weighted by Crippen LogP contribution is -2.08. The van der Waals surface area contributed by atoms with E-state index in [1.165, 1.54) is 6.07 Å². The molecule has 0 bridgehead atoms.